The number of nitro benzene ring substituents is 1. The van der Waals surface area contributed by atoms with Gasteiger partial charge >= 0.3 is 0 Å². The highest BCUT2D eigenvalue weighted by Gasteiger charge is 2.34. The molecule has 0 aliphatic heterocycles. The summed E-state index contributed by atoms with van der Waals surface area (Å²) in [5.74, 6) is 0.425. The van der Waals surface area contributed by atoms with Crippen molar-refractivity contribution in [3.8, 4) is 22.8 Å². The van der Waals surface area contributed by atoms with E-state index in [2.05, 4.69) is 0 Å². The molecule has 0 unspecified atom stereocenters. The van der Waals surface area contributed by atoms with Gasteiger partial charge in [-0.2, -0.15) is 0 Å². The number of non-ortho nitro benzene ring substituents is 1. The zero-order chi connectivity index (χ0) is 23.2. The molecule has 1 aliphatic rings. The van der Waals surface area contributed by atoms with Crippen LogP contribution in [-0.4, -0.2) is 55.0 Å². The number of ether oxygens (including phenoxy) is 2. The zero-order valence-electron chi connectivity index (χ0n) is 18.3. The van der Waals surface area contributed by atoms with Crippen molar-refractivity contribution in [2.75, 3.05) is 34.9 Å². The van der Waals surface area contributed by atoms with Crippen LogP contribution in [-0.2, 0) is 6.54 Å². The van der Waals surface area contributed by atoms with E-state index in [0.29, 0.717) is 52.1 Å². The summed E-state index contributed by atoms with van der Waals surface area (Å²) in [5, 5.41) is 12.1. The van der Waals surface area contributed by atoms with Crippen molar-refractivity contribution >= 4 is 22.2 Å². The number of benzene rings is 2. The van der Waals surface area contributed by atoms with Gasteiger partial charge in [0.2, 0.25) is 0 Å². The lowest BCUT2D eigenvalue weighted by molar-refractivity contribution is -0.384. The maximum atomic E-state index is 13.6. The third kappa shape index (κ3) is 3.31. The van der Waals surface area contributed by atoms with Crippen molar-refractivity contribution in [3.63, 3.8) is 0 Å². The maximum absolute atomic E-state index is 13.6. The summed E-state index contributed by atoms with van der Waals surface area (Å²) >= 11 is 0. The molecule has 0 radical (unpaired) electrons. The Kier molecular flexibility index (Phi) is 5.43. The van der Waals surface area contributed by atoms with Gasteiger partial charge in [0.15, 0.2) is 17.3 Å². The van der Waals surface area contributed by atoms with E-state index in [9.17, 15) is 19.7 Å². The molecule has 4 rings (SSSR count). The first-order chi connectivity index (χ1) is 15.3. The van der Waals surface area contributed by atoms with E-state index in [4.69, 9.17) is 9.47 Å². The normalized spacial score (nSPS) is 12.2. The highest BCUT2D eigenvalue weighted by atomic mass is 16.6. The number of carbonyl (C=O) groups excluding carboxylic acids is 1. The van der Waals surface area contributed by atoms with Crippen LogP contribution in [0.15, 0.2) is 35.1 Å². The Balaban J connectivity index is 2.05. The van der Waals surface area contributed by atoms with E-state index in [-0.39, 0.29) is 22.6 Å². The van der Waals surface area contributed by atoms with Crippen LogP contribution in [0.3, 0.4) is 0 Å². The van der Waals surface area contributed by atoms with E-state index in [0.717, 1.165) is 6.54 Å². The number of fused-ring (bicyclic) bond motifs is 5. The monoisotopic (exact) mass is 437 g/mol. The zero-order valence-corrected chi connectivity index (χ0v) is 18.3. The van der Waals surface area contributed by atoms with Gasteiger partial charge in [-0.3, -0.25) is 19.7 Å². The molecule has 0 N–H and O–H groups in total. The van der Waals surface area contributed by atoms with E-state index >= 15 is 0 Å². The number of nitrogens with zero attached hydrogens (tertiary/aromatic N) is 3. The van der Waals surface area contributed by atoms with Crippen molar-refractivity contribution < 1.29 is 19.2 Å². The second-order valence-electron chi connectivity index (χ2n) is 7.91. The lowest BCUT2D eigenvalue weighted by Crippen LogP contribution is -2.25. The molecule has 1 aliphatic carbocycles. The van der Waals surface area contributed by atoms with E-state index in [1.54, 1.807) is 22.8 Å². The number of hydrogen-bond acceptors (Lipinski definition) is 7. The molecule has 32 heavy (non-hydrogen) atoms. The smallest absolute Gasteiger partial charge is 0.270 e. The second kappa shape index (κ2) is 8.08. The van der Waals surface area contributed by atoms with Crippen LogP contribution in [0, 0.1) is 10.1 Å². The number of carbonyl (C=O) groups is 1. The first-order valence-corrected chi connectivity index (χ1v) is 10.1. The lowest BCUT2D eigenvalue weighted by atomic mass is 10.0. The van der Waals surface area contributed by atoms with Crippen LogP contribution in [0.1, 0.15) is 22.3 Å². The maximum Gasteiger partial charge on any atom is 0.270 e. The first kappa shape index (κ1) is 21.5. The van der Waals surface area contributed by atoms with Gasteiger partial charge in [-0.1, -0.05) is 0 Å². The van der Waals surface area contributed by atoms with Gasteiger partial charge in [0.1, 0.15) is 0 Å². The molecule has 9 heteroatoms. The number of ketones is 1. The van der Waals surface area contributed by atoms with Crippen LogP contribution in [0.2, 0.25) is 0 Å². The summed E-state index contributed by atoms with van der Waals surface area (Å²) in [6.45, 7) is 1.15. The van der Waals surface area contributed by atoms with Gasteiger partial charge in [0.25, 0.3) is 11.2 Å². The van der Waals surface area contributed by atoms with Gasteiger partial charge < -0.3 is 18.9 Å². The Hall–Kier alpha value is -3.72. The molecule has 166 valence electrons. The summed E-state index contributed by atoms with van der Waals surface area (Å²) in [6, 6.07) is 7.38. The molecule has 9 nitrogen and oxygen atoms in total. The average molecular weight is 437 g/mol. The van der Waals surface area contributed by atoms with Gasteiger partial charge in [-0.15, -0.1) is 0 Å². The molecule has 0 saturated carbocycles. The van der Waals surface area contributed by atoms with Crippen molar-refractivity contribution in [1.29, 1.82) is 0 Å². The fourth-order valence-corrected chi connectivity index (χ4v) is 4.22. The Morgan fingerprint density at radius 3 is 2.25 bits per heavy atom. The number of aromatic nitrogens is 1. The number of rotatable bonds is 7. The molecule has 1 aromatic heterocycles. The van der Waals surface area contributed by atoms with Gasteiger partial charge in [-0.25, -0.2) is 0 Å². The van der Waals surface area contributed by atoms with Crippen LogP contribution in [0.5, 0.6) is 11.5 Å². The molecule has 0 fully saturated rings. The minimum atomic E-state index is -0.535. The van der Waals surface area contributed by atoms with Crippen LogP contribution >= 0.6 is 0 Å². The SMILES string of the molecule is COc1cc2c3c(n(CCCN(C)C)c(=O)c2cc1OC)-c1ccc([N+](=O)[O-])cc1C3=O. The highest BCUT2D eigenvalue weighted by Crippen LogP contribution is 2.43. The van der Waals surface area contributed by atoms with Crippen molar-refractivity contribution in [2.45, 2.75) is 13.0 Å². The Morgan fingerprint density at radius 2 is 1.66 bits per heavy atom. The van der Waals surface area contributed by atoms with Crippen molar-refractivity contribution in [2.24, 2.45) is 0 Å². The number of methoxy groups -OCH3 is 2. The van der Waals surface area contributed by atoms with Crippen LogP contribution in [0.25, 0.3) is 22.0 Å². The Morgan fingerprint density at radius 1 is 1.00 bits per heavy atom. The summed E-state index contributed by atoms with van der Waals surface area (Å²) in [5.41, 5.74) is 1.16. The van der Waals surface area contributed by atoms with E-state index < -0.39 is 4.92 Å². The summed E-state index contributed by atoms with van der Waals surface area (Å²) in [6.07, 6.45) is 0.689. The molecule has 1 heterocycles. The summed E-state index contributed by atoms with van der Waals surface area (Å²) in [4.78, 5) is 39.8. The first-order valence-electron chi connectivity index (χ1n) is 10.1. The molecule has 0 atom stereocenters. The molecule has 0 spiro atoms. The van der Waals surface area contributed by atoms with E-state index in [1.165, 1.54) is 26.4 Å². The second-order valence-corrected chi connectivity index (χ2v) is 7.91. The Bertz CT molecular complexity index is 1330. The van der Waals surface area contributed by atoms with Gasteiger partial charge in [0.05, 0.1) is 35.8 Å². The number of pyridine rings is 1. The number of hydrogen-bond donors (Lipinski definition) is 0. The van der Waals surface area contributed by atoms with Crippen molar-refractivity contribution in [3.05, 3.63) is 61.9 Å². The molecule has 0 saturated heterocycles. The summed E-state index contributed by atoms with van der Waals surface area (Å²) < 4.78 is 12.4. The molecule has 2 aromatic carbocycles. The van der Waals surface area contributed by atoms with Crippen molar-refractivity contribution in [1.82, 2.24) is 9.47 Å². The quantitative estimate of drug-likeness (QED) is 0.323. The topological polar surface area (TPSA) is 104 Å². The van der Waals surface area contributed by atoms with E-state index in [1.807, 2.05) is 19.0 Å². The predicted molar refractivity (Wildman–Crippen MR) is 120 cm³/mol. The predicted octanol–water partition coefficient (Wildman–Crippen LogP) is 3.09. The minimum absolute atomic E-state index is 0.171. The minimum Gasteiger partial charge on any atom is -0.493 e. The standard InChI is InChI=1S/C23H23N3O6/c1-24(2)8-5-9-25-21-14-7-6-13(26(29)30)10-16(14)22(27)20(21)15-11-18(31-3)19(32-4)12-17(15)23(25)28/h6-7,10-12H,5,8-9H2,1-4H3. The lowest BCUT2D eigenvalue weighted by Gasteiger charge is -2.17. The largest absolute Gasteiger partial charge is 0.493 e. The molecule has 0 bridgehead atoms. The third-order valence-electron chi connectivity index (χ3n) is 5.70. The molecule has 3 aromatic rings. The molecule has 0 amide bonds. The Labute approximate surface area is 183 Å². The fraction of sp³-hybridized carbons (Fsp3) is 0.304. The summed E-state index contributed by atoms with van der Waals surface area (Å²) in [7, 11) is 6.85. The third-order valence-corrected chi connectivity index (χ3v) is 5.70. The molecular formula is C23H23N3O6. The molecular weight excluding hydrogens is 414 g/mol. The van der Waals surface area contributed by atoms with Gasteiger partial charge in [0, 0.05) is 35.2 Å². The fourth-order valence-electron chi connectivity index (χ4n) is 4.22. The van der Waals surface area contributed by atoms with Gasteiger partial charge in [-0.05, 0) is 45.3 Å². The van der Waals surface area contributed by atoms with Crippen LogP contribution in [0.4, 0.5) is 5.69 Å². The number of nitro groups is 1. The average Bonchev–Trinajstić information content (AvgIpc) is 3.06. The highest BCUT2D eigenvalue weighted by molar-refractivity contribution is 6.27. The van der Waals surface area contributed by atoms with Crippen LogP contribution < -0.4 is 15.0 Å².